The van der Waals surface area contributed by atoms with Gasteiger partial charge in [-0.3, -0.25) is 0 Å². The molecule has 0 fully saturated rings. The van der Waals surface area contributed by atoms with Gasteiger partial charge in [0.1, 0.15) is 0 Å². The second-order valence-electron chi connectivity index (χ2n) is 6.45. The van der Waals surface area contributed by atoms with Crippen LogP contribution in [0.3, 0.4) is 0 Å². The molecule has 0 aliphatic heterocycles. The van der Waals surface area contributed by atoms with Crippen LogP contribution in [0.25, 0.3) is 33.9 Å². The highest BCUT2D eigenvalue weighted by Crippen LogP contribution is 2.37. The molecule has 0 aliphatic carbocycles. The van der Waals surface area contributed by atoms with E-state index >= 15 is 0 Å². The Kier molecular flexibility index (Phi) is 3.77. The maximum absolute atomic E-state index is 4.01. The van der Waals surface area contributed by atoms with Crippen LogP contribution in [-0.4, -0.2) is 4.57 Å². The minimum Gasteiger partial charge on any atom is -0.309 e. The summed E-state index contributed by atoms with van der Waals surface area (Å²) in [4.78, 5) is 0. The van der Waals surface area contributed by atoms with E-state index in [1.54, 1.807) is 0 Å². The third kappa shape index (κ3) is 2.49. The van der Waals surface area contributed by atoms with Crippen LogP contribution in [0.15, 0.2) is 79.4 Å². The zero-order valence-electron chi connectivity index (χ0n) is 14.7. The first-order valence-electron chi connectivity index (χ1n) is 8.59. The largest absolute Gasteiger partial charge is 0.309 e. The van der Waals surface area contributed by atoms with E-state index in [2.05, 4.69) is 97.8 Å². The summed E-state index contributed by atoms with van der Waals surface area (Å²) in [6, 6.07) is 25.8. The molecule has 0 saturated carbocycles. The predicted octanol–water partition coefficient (Wildman–Crippen LogP) is 6.56. The summed E-state index contributed by atoms with van der Waals surface area (Å²) in [6.07, 6.45) is 1.94. The van der Waals surface area contributed by atoms with Crippen LogP contribution in [-0.2, 0) is 0 Å². The quantitative estimate of drug-likeness (QED) is 0.402. The van der Waals surface area contributed by atoms with Crippen LogP contribution in [0.2, 0.25) is 0 Å². The third-order valence-corrected chi connectivity index (χ3v) is 4.86. The van der Waals surface area contributed by atoms with E-state index in [0.717, 1.165) is 5.56 Å². The molecular weight excluding hydrogens is 302 g/mol. The fourth-order valence-electron chi connectivity index (χ4n) is 3.58. The molecule has 4 rings (SSSR count). The number of benzene rings is 3. The number of para-hydroxylation sites is 1. The number of aryl methyl sites for hydroxylation is 2. The number of hydrogen-bond donors (Lipinski definition) is 0. The molecular formula is C24H21N. The van der Waals surface area contributed by atoms with Crippen molar-refractivity contribution in [1.82, 2.24) is 4.57 Å². The van der Waals surface area contributed by atoms with Crippen LogP contribution in [0.4, 0.5) is 0 Å². The Hall–Kier alpha value is -3.06. The van der Waals surface area contributed by atoms with Crippen LogP contribution in [0.1, 0.15) is 16.7 Å². The Morgan fingerprint density at radius 3 is 2.24 bits per heavy atom. The average Bonchev–Trinajstić information content (AvgIpc) is 2.95. The van der Waals surface area contributed by atoms with Crippen molar-refractivity contribution >= 4 is 17.0 Å². The molecule has 0 unspecified atom stereocenters. The van der Waals surface area contributed by atoms with Crippen molar-refractivity contribution in [3.05, 3.63) is 96.1 Å². The molecule has 4 aromatic rings. The monoisotopic (exact) mass is 323 g/mol. The zero-order chi connectivity index (χ0) is 17.4. The lowest BCUT2D eigenvalue weighted by atomic mass is 10.0. The smallest absolute Gasteiger partial charge is 0.0576 e. The molecule has 122 valence electrons. The fraction of sp³-hybridized carbons (Fsp3) is 0.0833. The van der Waals surface area contributed by atoms with Gasteiger partial charge in [-0.2, -0.15) is 0 Å². The van der Waals surface area contributed by atoms with E-state index < -0.39 is 0 Å². The van der Waals surface area contributed by atoms with Crippen molar-refractivity contribution in [3.63, 3.8) is 0 Å². The van der Waals surface area contributed by atoms with Crippen LogP contribution < -0.4 is 0 Å². The van der Waals surface area contributed by atoms with Crippen molar-refractivity contribution in [2.45, 2.75) is 13.8 Å². The van der Waals surface area contributed by atoms with Gasteiger partial charge in [-0.1, -0.05) is 72.8 Å². The summed E-state index contributed by atoms with van der Waals surface area (Å²) in [6.45, 7) is 8.34. The Balaban J connectivity index is 2.13. The van der Waals surface area contributed by atoms with Gasteiger partial charge in [0.15, 0.2) is 0 Å². The van der Waals surface area contributed by atoms with E-state index in [1.165, 1.54) is 39.0 Å². The van der Waals surface area contributed by atoms with Gasteiger partial charge < -0.3 is 4.57 Å². The van der Waals surface area contributed by atoms with Crippen molar-refractivity contribution in [3.8, 4) is 16.9 Å². The van der Waals surface area contributed by atoms with Crippen LogP contribution in [0, 0.1) is 13.8 Å². The summed E-state index contributed by atoms with van der Waals surface area (Å²) in [5.41, 5.74) is 8.59. The number of fused-ring (bicyclic) bond motifs is 1. The van der Waals surface area contributed by atoms with E-state index in [-0.39, 0.29) is 0 Å². The second kappa shape index (κ2) is 6.10. The highest BCUT2D eigenvalue weighted by Gasteiger charge is 2.18. The highest BCUT2D eigenvalue weighted by atomic mass is 15.0. The summed E-state index contributed by atoms with van der Waals surface area (Å²) < 4.78 is 2.37. The second-order valence-corrected chi connectivity index (χ2v) is 6.45. The standard InChI is InChI=1S/C24H21N/c1-4-19-9-5-6-11-22(19)24-18(3)21-10-7-8-12-23(21)25(24)20-15-13-17(2)14-16-20/h4-16H,1H2,2-3H3. The maximum atomic E-state index is 4.01. The fourth-order valence-corrected chi connectivity index (χ4v) is 3.58. The topological polar surface area (TPSA) is 4.93 Å². The average molecular weight is 323 g/mol. The molecule has 0 spiro atoms. The van der Waals surface area contributed by atoms with Gasteiger partial charge in [0.2, 0.25) is 0 Å². The zero-order valence-corrected chi connectivity index (χ0v) is 14.7. The molecule has 1 heterocycles. The molecule has 0 amide bonds. The van der Waals surface area contributed by atoms with Gasteiger partial charge in [0, 0.05) is 16.6 Å². The first-order chi connectivity index (χ1) is 12.2. The van der Waals surface area contributed by atoms with Crippen LogP contribution >= 0.6 is 0 Å². The molecule has 0 N–H and O–H groups in total. The van der Waals surface area contributed by atoms with Gasteiger partial charge in [-0.15, -0.1) is 0 Å². The van der Waals surface area contributed by atoms with Gasteiger partial charge in [0.05, 0.1) is 11.2 Å². The van der Waals surface area contributed by atoms with E-state index in [9.17, 15) is 0 Å². The summed E-state index contributed by atoms with van der Waals surface area (Å²) in [5, 5.41) is 1.29. The Morgan fingerprint density at radius 2 is 1.48 bits per heavy atom. The summed E-state index contributed by atoms with van der Waals surface area (Å²) >= 11 is 0. The van der Waals surface area contributed by atoms with E-state index in [0.29, 0.717) is 0 Å². The van der Waals surface area contributed by atoms with Gasteiger partial charge >= 0.3 is 0 Å². The molecule has 1 aromatic heterocycles. The molecule has 3 aromatic carbocycles. The van der Waals surface area contributed by atoms with Crippen molar-refractivity contribution in [1.29, 1.82) is 0 Å². The molecule has 1 heteroatoms. The van der Waals surface area contributed by atoms with Gasteiger partial charge in [-0.05, 0) is 43.2 Å². The molecule has 25 heavy (non-hydrogen) atoms. The molecule has 0 atom stereocenters. The number of aromatic nitrogens is 1. The highest BCUT2D eigenvalue weighted by molar-refractivity contribution is 5.94. The van der Waals surface area contributed by atoms with Crippen molar-refractivity contribution < 1.29 is 0 Å². The van der Waals surface area contributed by atoms with Crippen molar-refractivity contribution in [2.24, 2.45) is 0 Å². The summed E-state index contributed by atoms with van der Waals surface area (Å²) in [7, 11) is 0. The number of hydrogen-bond acceptors (Lipinski definition) is 0. The minimum atomic E-state index is 1.15. The van der Waals surface area contributed by atoms with Gasteiger partial charge in [0.25, 0.3) is 0 Å². The Morgan fingerprint density at radius 1 is 0.800 bits per heavy atom. The lowest BCUT2D eigenvalue weighted by Gasteiger charge is -2.14. The lowest BCUT2D eigenvalue weighted by Crippen LogP contribution is -1.98. The Bertz CT molecular complexity index is 1070. The first-order valence-corrected chi connectivity index (χ1v) is 8.59. The van der Waals surface area contributed by atoms with E-state index in [4.69, 9.17) is 0 Å². The summed E-state index contributed by atoms with van der Waals surface area (Å²) in [5.74, 6) is 0. The minimum absolute atomic E-state index is 1.15. The van der Waals surface area contributed by atoms with Crippen molar-refractivity contribution in [2.75, 3.05) is 0 Å². The Labute approximate surface area is 148 Å². The van der Waals surface area contributed by atoms with Crippen LogP contribution in [0.5, 0.6) is 0 Å². The molecule has 0 radical (unpaired) electrons. The first kappa shape index (κ1) is 15.5. The SMILES string of the molecule is C=Cc1ccccc1-c1c(C)c2ccccc2n1-c1ccc(C)cc1. The normalized spacial score (nSPS) is 11.0. The maximum Gasteiger partial charge on any atom is 0.0576 e. The number of rotatable bonds is 3. The van der Waals surface area contributed by atoms with Gasteiger partial charge in [-0.25, -0.2) is 0 Å². The molecule has 0 aliphatic rings. The number of nitrogens with zero attached hydrogens (tertiary/aromatic N) is 1. The van der Waals surface area contributed by atoms with E-state index in [1.807, 2.05) is 6.08 Å². The molecule has 1 nitrogen and oxygen atoms in total. The third-order valence-electron chi connectivity index (χ3n) is 4.86. The predicted molar refractivity (Wildman–Crippen MR) is 108 cm³/mol. The molecule has 0 bridgehead atoms. The lowest BCUT2D eigenvalue weighted by molar-refractivity contribution is 1.12. The molecule has 0 saturated heterocycles.